The van der Waals surface area contributed by atoms with E-state index in [9.17, 15) is 13.2 Å². The summed E-state index contributed by atoms with van der Waals surface area (Å²) in [6.07, 6.45) is 2.05. The van der Waals surface area contributed by atoms with Gasteiger partial charge in [0.25, 0.3) is 0 Å². The van der Waals surface area contributed by atoms with E-state index in [1.165, 1.54) is 0 Å². The topological polar surface area (TPSA) is 26.0 Å². The van der Waals surface area contributed by atoms with E-state index in [0.717, 1.165) is 21.9 Å². The number of halogens is 3. The molecule has 148 valence electrons. The third kappa shape index (κ3) is 3.00. The van der Waals surface area contributed by atoms with Crippen LogP contribution in [0, 0.1) is 19.7 Å². The monoisotopic (exact) mass is 395 g/mol. The summed E-state index contributed by atoms with van der Waals surface area (Å²) in [4.78, 5) is 4.56. The number of aryl methyl sites for hydroxylation is 2. The second kappa shape index (κ2) is 6.34. The highest BCUT2D eigenvalue weighted by Crippen LogP contribution is 2.45. The van der Waals surface area contributed by atoms with E-state index in [0.29, 0.717) is 34.4 Å². The second-order valence-electron chi connectivity index (χ2n) is 8.09. The quantitative estimate of drug-likeness (QED) is 0.356. The lowest BCUT2D eigenvalue weighted by atomic mass is 9.93. The molecule has 5 rings (SSSR count). The van der Waals surface area contributed by atoms with Crippen molar-refractivity contribution in [1.82, 2.24) is 4.98 Å². The zero-order valence-corrected chi connectivity index (χ0v) is 16.2. The number of alkyl halides is 2. The van der Waals surface area contributed by atoms with Crippen LogP contribution >= 0.6 is 0 Å². The molecule has 0 saturated heterocycles. The molecule has 2 nitrogen and oxygen atoms in total. The van der Waals surface area contributed by atoms with Crippen LogP contribution in [0.3, 0.4) is 0 Å². The number of furan rings is 1. The molecule has 0 amide bonds. The molecule has 0 N–H and O–H groups in total. The Bertz CT molecular complexity index is 1260. The molecule has 2 heterocycles. The van der Waals surface area contributed by atoms with Gasteiger partial charge in [-0.05, 0) is 60.9 Å². The van der Waals surface area contributed by atoms with Crippen molar-refractivity contribution < 1.29 is 17.6 Å². The van der Waals surface area contributed by atoms with Crippen LogP contribution in [-0.4, -0.2) is 10.9 Å². The minimum absolute atomic E-state index is 0.0536. The largest absolute Gasteiger partial charge is 0.461 e. The van der Waals surface area contributed by atoms with Crippen LogP contribution in [0.15, 0.2) is 47.0 Å². The van der Waals surface area contributed by atoms with Crippen LogP contribution < -0.4 is 0 Å². The van der Waals surface area contributed by atoms with Crippen molar-refractivity contribution >= 4 is 21.7 Å². The molecule has 1 aliphatic rings. The molecular weight excluding hydrogens is 375 g/mol. The molecule has 2 aromatic heterocycles. The number of hydrogen-bond donors (Lipinski definition) is 0. The first-order valence-corrected chi connectivity index (χ1v) is 9.78. The van der Waals surface area contributed by atoms with Gasteiger partial charge in [0.05, 0.1) is 11.1 Å². The highest BCUT2D eigenvalue weighted by Gasteiger charge is 2.39. The summed E-state index contributed by atoms with van der Waals surface area (Å²) in [5.74, 6) is -2.35. The summed E-state index contributed by atoms with van der Waals surface area (Å²) in [5, 5.41) is 2.27. The minimum Gasteiger partial charge on any atom is -0.461 e. The van der Waals surface area contributed by atoms with Crippen LogP contribution in [0.25, 0.3) is 33.0 Å². The maximum absolute atomic E-state index is 14.6. The van der Waals surface area contributed by atoms with E-state index in [4.69, 9.17) is 4.42 Å². The molecular formula is C24H20F3NO. The van der Waals surface area contributed by atoms with Crippen molar-refractivity contribution in [2.75, 3.05) is 0 Å². The second-order valence-corrected chi connectivity index (χ2v) is 8.09. The van der Waals surface area contributed by atoms with Crippen molar-refractivity contribution in [3.05, 3.63) is 65.3 Å². The maximum atomic E-state index is 14.6. The Morgan fingerprint density at radius 2 is 1.90 bits per heavy atom. The third-order valence-corrected chi connectivity index (χ3v) is 5.96. The van der Waals surface area contributed by atoms with E-state index in [1.807, 2.05) is 24.3 Å². The molecule has 1 unspecified atom stereocenters. The number of benzene rings is 2. The van der Waals surface area contributed by atoms with E-state index in [-0.39, 0.29) is 24.6 Å². The fraction of sp³-hybridized carbons (Fsp3) is 0.292. The zero-order chi connectivity index (χ0) is 20.3. The SMILES string of the molecule is Cc1cc2c(F)c(C)cc(-c3nccc4cc(C5CCC(F)(F)C5)ccc34)c2o1. The zero-order valence-electron chi connectivity index (χ0n) is 16.2. The normalized spacial score (nSPS) is 18.7. The Labute approximate surface area is 166 Å². The van der Waals surface area contributed by atoms with Crippen LogP contribution in [-0.2, 0) is 0 Å². The summed E-state index contributed by atoms with van der Waals surface area (Å²) >= 11 is 0. The Balaban J connectivity index is 1.67. The van der Waals surface area contributed by atoms with Gasteiger partial charge in [0.2, 0.25) is 5.92 Å². The molecule has 1 aliphatic carbocycles. The number of pyridine rings is 1. The van der Waals surface area contributed by atoms with Crippen LogP contribution in [0.1, 0.15) is 42.1 Å². The van der Waals surface area contributed by atoms with Gasteiger partial charge >= 0.3 is 0 Å². The summed E-state index contributed by atoms with van der Waals surface area (Å²) in [6, 6.07) is 11.2. The van der Waals surface area contributed by atoms with Crippen LogP contribution in [0.4, 0.5) is 13.2 Å². The Morgan fingerprint density at radius 3 is 2.66 bits per heavy atom. The number of nitrogens with zero attached hydrogens (tertiary/aromatic N) is 1. The van der Waals surface area contributed by atoms with Crippen molar-refractivity contribution in [2.45, 2.75) is 45.0 Å². The highest BCUT2D eigenvalue weighted by molar-refractivity contribution is 6.02. The molecule has 1 saturated carbocycles. The van der Waals surface area contributed by atoms with E-state index in [2.05, 4.69) is 4.98 Å². The van der Waals surface area contributed by atoms with Crippen LogP contribution in [0.2, 0.25) is 0 Å². The average Bonchev–Trinajstić information content (AvgIpc) is 3.26. The smallest absolute Gasteiger partial charge is 0.248 e. The highest BCUT2D eigenvalue weighted by atomic mass is 19.3. The third-order valence-electron chi connectivity index (χ3n) is 5.96. The van der Waals surface area contributed by atoms with Crippen LogP contribution in [0.5, 0.6) is 0 Å². The number of hydrogen-bond acceptors (Lipinski definition) is 2. The lowest BCUT2D eigenvalue weighted by molar-refractivity contribution is 0.00777. The molecule has 5 heteroatoms. The molecule has 29 heavy (non-hydrogen) atoms. The standard InChI is InChI=1S/C24H20F3NO/c1-13-9-20(23-19(21(13)25)10-14(2)29-23)22-18-4-3-15(11-16(18)6-8-28-22)17-5-7-24(26,27)12-17/h3-4,6,8-11,17H,5,7,12H2,1-2H3. The van der Waals surface area contributed by atoms with E-state index in [1.54, 1.807) is 32.2 Å². The average molecular weight is 395 g/mol. The Morgan fingerprint density at radius 1 is 1.07 bits per heavy atom. The minimum atomic E-state index is -2.57. The predicted molar refractivity (Wildman–Crippen MR) is 108 cm³/mol. The molecule has 0 aliphatic heterocycles. The molecule has 2 aromatic carbocycles. The fourth-order valence-electron chi connectivity index (χ4n) is 4.51. The van der Waals surface area contributed by atoms with Crippen molar-refractivity contribution in [3.63, 3.8) is 0 Å². The maximum Gasteiger partial charge on any atom is 0.248 e. The first-order valence-electron chi connectivity index (χ1n) is 9.78. The molecule has 0 bridgehead atoms. The number of fused-ring (bicyclic) bond motifs is 2. The van der Waals surface area contributed by atoms with E-state index >= 15 is 0 Å². The molecule has 1 fully saturated rings. The van der Waals surface area contributed by atoms with Crippen molar-refractivity contribution in [2.24, 2.45) is 0 Å². The summed E-state index contributed by atoms with van der Waals surface area (Å²) in [7, 11) is 0. The Hall–Kier alpha value is -2.82. The number of aromatic nitrogens is 1. The van der Waals surface area contributed by atoms with Gasteiger partial charge in [-0.3, -0.25) is 4.98 Å². The van der Waals surface area contributed by atoms with Gasteiger partial charge in [-0.25, -0.2) is 13.2 Å². The van der Waals surface area contributed by atoms with Gasteiger partial charge in [-0.15, -0.1) is 0 Å². The van der Waals surface area contributed by atoms with E-state index < -0.39 is 5.92 Å². The number of rotatable bonds is 2. The predicted octanol–water partition coefficient (Wildman–Crippen LogP) is 7.31. The van der Waals surface area contributed by atoms with Gasteiger partial charge in [-0.1, -0.05) is 18.2 Å². The summed E-state index contributed by atoms with van der Waals surface area (Å²) in [5.41, 5.74) is 3.37. The van der Waals surface area contributed by atoms with Gasteiger partial charge < -0.3 is 4.42 Å². The van der Waals surface area contributed by atoms with Gasteiger partial charge in [0.15, 0.2) is 0 Å². The lowest BCUT2D eigenvalue weighted by Gasteiger charge is -2.13. The van der Waals surface area contributed by atoms with Gasteiger partial charge in [0.1, 0.15) is 17.2 Å². The molecule has 4 aromatic rings. The van der Waals surface area contributed by atoms with Gasteiger partial charge in [-0.2, -0.15) is 0 Å². The molecule has 0 radical (unpaired) electrons. The molecule has 1 atom stereocenters. The first-order chi connectivity index (χ1) is 13.8. The molecule has 0 spiro atoms. The summed E-state index contributed by atoms with van der Waals surface area (Å²) < 4.78 is 47.7. The summed E-state index contributed by atoms with van der Waals surface area (Å²) in [6.45, 7) is 3.52. The lowest BCUT2D eigenvalue weighted by Crippen LogP contribution is -2.09. The Kier molecular flexibility index (Phi) is 3.99. The van der Waals surface area contributed by atoms with Crippen molar-refractivity contribution in [1.29, 1.82) is 0 Å². The van der Waals surface area contributed by atoms with Crippen molar-refractivity contribution in [3.8, 4) is 11.3 Å². The first kappa shape index (κ1) is 18.2. The fourth-order valence-corrected chi connectivity index (χ4v) is 4.51. The van der Waals surface area contributed by atoms with Gasteiger partial charge in [0, 0.05) is 30.0 Å².